The first-order valence-corrected chi connectivity index (χ1v) is 13.6. The minimum atomic E-state index is -3.19. The molecule has 3 heterocycles. The minimum Gasteiger partial charge on any atom is -0.455 e. The highest BCUT2D eigenvalue weighted by molar-refractivity contribution is 7.90. The van der Waals surface area contributed by atoms with Crippen molar-refractivity contribution in [1.29, 1.82) is 0 Å². The van der Waals surface area contributed by atoms with Crippen LogP contribution >= 0.6 is 0 Å². The molecule has 0 bridgehead atoms. The maximum atomic E-state index is 12.6. The van der Waals surface area contributed by atoms with E-state index in [1.807, 2.05) is 44.2 Å². The van der Waals surface area contributed by atoms with E-state index in [1.165, 1.54) is 6.33 Å². The molecule has 0 aliphatic carbocycles. The van der Waals surface area contributed by atoms with E-state index >= 15 is 0 Å². The number of carbonyl (C=O) groups excluding carboxylic acids is 1. The Morgan fingerprint density at radius 3 is 2.70 bits per heavy atom. The van der Waals surface area contributed by atoms with Crippen molar-refractivity contribution < 1.29 is 22.8 Å². The summed E-state index contributed by atoms with van der Waals surface area (Å²) in [4.78, 5) is 30.6. The maximum Gasteiger partial charge on any atom is 0.270 e. The number of hydroxylamine groups is 1. The summed E-state index contributed by atoms with van der Waals surface area (Å²) in [5, 5.41) is 6.50. The standard InChI is InChI=1S/C25H28N6O5S/c1-16-12-19(5-7-22(16)36-20-6-4-17(2)27-14-20)30-24-21-13-18(8-9-26-23(21)28-15-29-24)25(32)31-35-10-11-37(3,33)34/h4-7,12-15H,8-11H2,1-3H3,(H,31,32)(H2,26,28,29,30). The number of pyridine rings is 1. The van der Waals surface area contributed by atoms with Crippen LogP contribution in [0.4, 0.5) is 17.3 Å². The van der Waals surface area contributed by atoms with Gasteiger partial charge in [-0.05, 0) is 62.2 Å². The van der Waals surface area contributed by atoms with Crippen LogP contribution in [0.15, 0.2) is 48.4 Å². The first-order chi connectivity index (χ1) is 17.7. The zero-order valence-electron chi connectivity index (χ0n) is 20.7. The highest BCUT2D eigenvalue weighted by atomic mass is 32.2. The van der Waals surface area contributed by atoms with Crippen LogP contribution in [-0.4, -0.2) is 54.4 Å². The van der Waals surface area contributed by atoms with E-state index in [0.717, 1.165) is 23.2 Å². The number of aromatic nitrogens is 3. The Morgan fingerprint density at radius 1 is 1.14 bits per heavy atom. The molecule has 0 unspecified atom stereocenters. The van der Waals surface area contributed by atoms with Gasteiger partial charge in [-0.25, -0.2) is 23.9 Å². The van der Waals surface area contributed by atoms with Crippen LogP contribution in [0.25, 0.3) is 6.08 Å². The number of aryl methyl sites for hydroxylation is 2. The van der Waals surface area contributed by atoms with Gasteiger partial charge in [0.25, 0.3) is 5.91 Å². The van der Waals surface area contributed by atoms with E-state index in [-0.39, 0.29) is 12.4 Å². The van der Waals surface area contributed by atoms with Gasteiger partial charge in [-0.2, -0.15) is 0 Å². The SMILES string of the molecule is Cc1ccc(Oc2ccc(Nc3ncnc4c3C=C(C(=O)NOCCS(C)(=O)=O)CCN4)cc2C)cn1. The minimum absolute atomic E-state index is 0.137. The van der Waals surface area contributed by atoms with Crippen LogP contribution in [0.1, 0.15) is 23.2 Å². The van der Waals surface area contributed by atoms with E-state index in [0.29, 0.717) is 47.2 Å². The van der Waals surface area contributed by atoms with Crippen molar-refractivity contribution in [3.05, 3.63) is 65.2 Å². The summed E-state index contributed by atoms with van der Waals surface area (Å²) >= 11 is 0. The largest absolute Gasteiger partial charge is 0.455 e. The summed E-state index contributed by atoms with van der Waals surface area (Å²) in [6, 6.07) is 9.42. The third-order valence-electron chi connectivity index (χ3n) is 5.45. The number of sulfone groups is 1. The molecule has 0 atom stereocenters. The molecule has 12 heteroatoms. The molecule has 2 aromatic heterocycles. The number of amides is 1. The molecule has 1 aliphatic heterocycles. The number of rotatable bonds is 9. The molecule has 11 nitrogen and oxygen atoms in total. The molecule has 1 aromatic carbocycles. The molecule has 0 saturated heterocycles. The van der Waals surface area contributed by atoms with Crippen molar-refractivity contribution in [1.82, 2.24) is 20.4 Å². The fraction of sp³-hybridized carbons (Fsp3) is 0.280. The quantitative estimate of drug-likeness (QED) is 0.282. The average molecular weight is 525 g/mol. The molecule has 1 aliphatic rings. The van der Waals surface area contributed by atoms with Gasteiger partial charge in [0.15, 0.2) is 0 Å². The lowest BCUT2D eigenvalue weighted by Crippen LogP contribution is -2.28. The Balaban J connectivity index is 1.49. The average Bonchev–Trinajstić information content (AvgIpc) is 3.08. The molecule has 194 valence electrons. The Hall–Kier alpha value is -4.03. The number of hydrogen-bond donors (Lipinski definition) is 3. The Labute approximate surface area is 215 Å². The number of ether oxygens (including phenoxy) is 1. The normalized spacial score (nSPS) is 13.0. The Bertz CT molecular complexity index is 1420. The predicted molar refractivity (Wildman–Crippen MR) is 140 cm³/mol. The summed E-state index contributed by atoms with van der Waals surface area (Å²) in [6.45, 7) is 4.20. The van der Waals surface area contributed by atoms with Gasteiger partial charge >= 0.3 is 0 Å². The number of carbonyl (C=O) groups is 1. The van der Waals surface area contributed by atoms with Crippen molar-refractivity contribution in [3.8, 4) is 11.5 Å². The Morgan fingerprint density at radius 2 is 1.97 bits per heavy atom. The van der Waals surface area contributed by atoms with Gasteiger partial charge in [0.05, 0.1) is 24.1 Å². The van der Waals surface area contributed by atoms with Gasteiger partial charge in [-0.1, -0.05) is 0 Å². The van der Waals surface area contributed by atoms with Crippen LogP contribution in [0.5, 0.6) is 11.5 Å². The molecule has 3 aromatic rings. The lowest BCUT2D eigenvalue weighted by Gasteiger charge is -2.14. The first-order valence-electron chi connectivity index (χ1n) is 11.6. The molecular weight excluding hydrogens is 496 g/mol. The molecule has 0 fully saturated rings. The summed E-state index contributed by atoms with van der Waals surface area (Å²) in [7, 11) is -3.19. The fourth-order valence-corrected chi connectivity index (χ4v) is 3.90. The molecule has 0 radical (unpaired) electrons. The van der Waals surface area contributed by atoms with E-state index in [1.54, 1.807) is 12.3 Å². The van der Waals surface area contributed by atoms with Gasteiger partial charge in [-0.3, -0.25) is 14.6 Å². The highest BCUT2D eigenvalue weighted by Crippen LogP contribution is 2.31. The van der Waals surface area contributed by atoms with Crippen LogP contribution in [0, 0.1) is 13.8 Å². The van der Waals surface area contributed by atoms with Crippen molar-refractivity contribution in [2.24, 2.45) is 0 Å². The van der Waals surface area contributed by atoms with Crippen molar-refractivity contribution in [3.63, 3.8) is 0 Å². The number of anilines is 3. The van der Waals surface area contributed by atoms with Gasteiger partial charge in [0.2, 0.25) is 0 Å². The summed E-state index contributed by atoms with van der Waals surface area (Å²) in [5.41, 5.74) is 5.97. The molecule has 37 heavy (non-hydrogen) atoms. The number of hydrogen-bond acceptors (Lipinski definition) is 10. The molecule has 4 rings (SSSR count). The fourth-order valence-electron chi connectivity index (χ4n) is 3.51. The van der Waals surface area contributed by atoms with Crippen LogP contribution < -0.4 is 20.9 Å². The first kappa shape index (κ1) is 26.0. The van der Waals surface area contributed by atoms with Crippen molar-refractivity contribution in [2.75, 3.05) is 35.8 Å². The lowest BCUT2D eigenvalue weighted by molar-refractivity contribution is -0.129. The third-order valence-corrected chi connectivity index (χ3v) is 6.36. The summed E-state index contributed by atoms with van der Waals surface area (Å²) < 4.78 is 28.4. The topological polar surface area (TPSA) is 144 Å². The number of benzene rings is 1. The predicted octanol–water partition coefficient (Wildman–Crippen LogP) is 3.32. The third kappa shape index (κ3) is 7.24. The zero-order valence-corrected chi connectivity index (χ0v) is 21.6. The smallest absolute Gasteiger partial charge is 0.270 e. The summed E-state index contributed by atoms with van der Waals surface area (Å²) in [5.74, 6) is 1.80. The van der Waals surface area contributed by atoms with Crippen molar-refractivity contribution in [2.45, 2.75) is 20.3 Å². The molecule has 3 N–H and O–H groups in total. The maximum absolute atomic E-state index is 12.6. The van der Waals surface area contributed by atoms with Crippen LogP contribution in [0.3, 0.4) is 0 Å². The van der Waals surface area contributed by atoms with Gasteiger partial charge in [0.1, 0.15) is 39.3 Å². The Kier molecular flexibility index (Phi) is 7.99. The molecular formula is C25H28N6O5S. The highest BCUT2D eigenvalue weighted by Gasteiger charge is 2.19. The van der Waals surface area contributed by atoms with Crippen LogP contribution in [0.2, 0.25) is 0 Å². The number of fused-ring (bicyclic) bond motifs is 1. The van der Waals surface area contributed by atoms with E-state index in [4.69, 9.17) is 9.57 Å². The van der Waals surface area contributed by atoms with E-state index < -0.39 is 15.7 Å². The molecule has 1 amide bonds. The monoisotopic (exact) mass is 524 g/mol. The second-order valence-corrected chi connectivity index (χ2v) is 10.8. The van der Waals surface area contributed by atoms with Gasteiger partial charge in [0, 0.05) is 29.8 Å². The summed E-state index contributed by atoms with van der Waals surface area (Å²) in [6.07, 6.45) is 6.33. The molecule has 0 saturated carbocycles. The number of nitrogens with one attached hydrogen (secondary N) is 3. The van der Waals surface area contributed by atoms with Gasteiger partial charge in [-0.15, -0.1) is 0 Å². The zero-order chi connectivity index (χ0) is 26.4. The van der Waals surface area contributed by atoms with Gasteiger partial charge < -0.3 is 15.4 Å². The molecule has 0 spiro atoms. The lowest BCUT2D eigenvalue weighted by atomic mass is 10.1. The van der Waals surface area contributed by atoms with Crippen LogP contribution in [-0.2, 0) is 19.5 Å². The van der Waals surface area contributed by atoms with E-state index in [9.17, 15) is 13.2 Å². The number of nitrogens with zero attached hydrogens (tertiary/aromatic N) is 3. The second kappa shape index (κ2) is 11.4. The second-order valence-electron chi connectivity index (χ2n) is 8.58. The van der Waals surface area contributed by atoms with Crippen molar-refractivity contribution >= 4 is 39.1 Å². The van der Waals surface area contributed by atoms with E-state index in [2.05, 4.69) is 31.1 Å².